The van der Waals surface area contributed by atoms with Crippen LogP contribution in [0, 0.1) is 6.92 Å². The van der Waals surface area contributed by atoms with Crippen LogP contribution in [0.3, 0.4) is 0 Å². The van der Waals surface area contributed by atoms with Crippen molar-refractivity contribution in [3.63, 3.8) is 0 Å². The van der Waals surface area contributed by atoms with E-state index >= 15 is 0 Å². The molecule has 5 nitrogen and oxygen atoms in total. The van der Waals surface area contributed by atoms with Crippen molar-refractivity contribution in [2.24, 2.45) is 0 Å². The predicted molar refractivity (Wildman–Crippen MR) is 126 cm³/mol. The zero-order valence-electron chi connectivity index (χ0n) is 17.6. The number of carbonyl (C=O) groups is 2. The van der Waals surface area contributed by atoms with E-state index in [0.29, 0.717) is 34.3 Å². The lowest BCUT2D eigenvalue weighted by atomic mass is 10.1. The normalized spacial score (nSPS) is 10.9. The van der Waals surface area contributed by atoms with Crippen molar-refractivity contribution >= 4 is 40.9 Å². The molecule has 0 aliphatic heterocycles. The lowest BCUT2D eigenvalue weighted by Crippen LogP contribution is -2.12. The van der Waals surface area contributed by atoms with Gasteiger partial charge >= 0.3 is 0 Å². The number of rotatable bonds is 8. The third-order valence-electron chi connectivity index (χ3n) is 4.65. The second kappa shape index (κ2) is 10.6. The quantitative estimate of drug-likeness (QED) is 0.386. The summed E-state index contributed by atoms with van der Waals surface area (Å²) in [6.45, 7) is 3.98. The fourth-order valence-corrected chi connectivity index (χ4v) is 3.10. The zero-order chi connectivity index (χ0) is 22.2. The van der Waals surface area contributed by atoms with Gasteiger partial charge in [0, 0.05) is 34.5 Å². The third kappa shape index (κ3) is 6.59. The summed E-state index contributed by atoms with van der Waals surface area (Å²) in [5.41, 5.74) is 3.11. The Labute approximate surface area is 187 Å². The number of aryl methyl sites for hydroxylation is 1. The van der Waals surface area contributed by atoms with Crippen molar-refractivity contribution < 1.29 is 14.0 Å². The van der Waals surface area contributed by atoms with Crippen molar-refractivity contribution in [3.05, 3.63) is 77.0 Å². The fourth-order valence-electron chi connectivity index (χ4n) is 2.92. The molecule has 0 saturated heterocycles. The van der Waals surface area contributed by atoms with Gasteiger partial charge < -0.3 is 15.1 Å². The van der Waals surface area contributed by atoms with Crippen LogP contribution in [-0.4, -0.2) is 11.8 Å². The maximum atomic E-state index is 12.3. The summed E-state index contributed by atoms with van der Waals surface area (Å²) in [6, 6.07) is 16.4. The maximum absolute atomic E-state index is 12.3. The number of nitrogens with one attached hydrogen (secondary N) is 2. The molecule has 0 unspecified atom stereocenters. The Kier molecular flexibility index (Phi) is 7.68. The first-order chi connectivity index (χ1) is 14.9. The molecule has 6 heteroatoms. The van der Waals surface area contributed by atoms with E-state index in [1.807, 2.05) is 38.1 Å². The van der Waals surface area contributed by atoms with Crippen LogP contribution >= 0.6 is 11.6 Å². The number of unbranched alkanes of at least 4 members (excludes halogenated alkanes) is 1. The molecule has 1 aromatic heterocycles. The molecule has 0 radical (unpaired) electrons. The topological polar surface area (TPSA) is 71.3 Å². The number of benzene rings is 2. The highest BCUT2D eigenvalue weighted by Gasteiger charge is 2.07. The van der Waals surface area contributed by atoms with Crippen LogP contribution in [0.25, 0.3) is 17.4 Å². The van der Waals surface area contributed by atoms with Crippen LogP contribution in [0.4, 0.5) is 11.4 Å². The highest BCUT2D eigenvalue weighted by atomic mass is 35.5. The molecule has 0 aliphatic carbocycles. The van der Waals surface area contributed by atoms with E-state index in [2.05, 4.69) is 10.6 Å². The summed E-state index contributed by atoms with van der Waals surface area (Å²) in [5, 5.41) is 6.30. The molecule has 0 saturated carbocycles. The molecule has 3 rings (SSSR count). The predicted octanol–water partition coefficient (Wildman–Crippen LogP) is 6.69. The highest BCUT2D eigenvalue weighted by Crippen LogP contribution is 2.27. The minimum atomic E-state index is -0.300. The number of hydrogen-bond donors (Lipinski definition) is 2. The summed E-state index contributed by atoms with van der Waals surface area (Å²) in [7, 11) is 0. The first-order valence-electron chi connectivity index (χ1n) is 10.2. The van der Waals surface area contributed by atoms with E-state index in [0.717, 1.165) is 24.0 Å². The van der Waals surface area contributed by atoms with E-state index in [4.69, 9.17) is 16.0 Å². The van der Waals surface area contributed by atoms with Gasteiger partial charge in [-0.3, -0.25) is 9.59 Å². The summed E-state index contributed by atoms with van der Waals surface area (Å²) in [5.74, 6) is 0.895. The molecule has 0 bridgehead atoms. The van der Waals surface area contributed by atoms with E-state index in [1.165, 1.54) is 6.08 Å². The average molecular weight is 437 g/mol. The van der Waals surface area contributed by atoms with Gasteiger partial charge in [0.1, 0.15) is 11.5 Å². The monoisotopic (exact) mass is 436 g/mol. The van der Waals surface area contributed by atoms with Crippen LogP contribution in [0.1, 0.15) is 37.5 Å². The second-order valence-electron chi connectivity index (χ2n) is 7.22. The van der Waals surface area contributed by atoms with Crippen molar-refractivity contribution in [1.82, 2.24) is 0 Å². The molecule has 2 N–H and O–H groups in total. The molecule has 0 aliphatic rings. The first kappa shape index (κ1) is 22.4. The second-order valence-corrected chi connectivity index (χ2v) is 7.63. The zero-order valence-corrected chi connectivity index (χ0v) is 18.3. The van der Waals surface area contributed by atoms with Crippen LogP contribution in [0.5, 0.6) is 0 Å². The van der Waals surface area contributed by atoms with Gasteiger partial charge in [-0.15, -0.1) is 0 Å². The lowest BCUT2D eigenvalue weighted by molar-refractivity contribution is -0.116. The van der Waals surface area contributed by atoms with E-state index in [9.17, 15) is 9.59 Å². The molecule has 1 heterocycles. The van der Waals surface area contributed by atoms with Gasteiger partial charge in [-0.1, -0.05) is 43.1 Å². The molecule has 0 spiro atoms. The smallest absolute Gasteiger partial charge is 0.248 e. The molecule has 2 amide bonds. The fraction of sp³-hybridized carbons (Fsp3) is 0.200. The Morgan fingerprint density at radius 3 is 2.55 bits per heavy atom. The third-order valence-corrected chi connectivity index (χ3v) is 5.06. The standard InChI is InChI=1S/C25H25ClN2O3/c1-3-4-8-24(29)27-19-6-5-7-20(16-19)28-25(30)14-12-21-11-13-23(31-21)18-10-9-17(2)22(26)15-18/h5-7,9-16H,3-4,8H2,1-2H3,(H,27,29)(H,28,30)/b14-12+. The van der Waals surface area contributed by atoms with Crippen molar-refractivity contribution in [2.75, 3.05) is 10.6 Å². The van der Waals surface area contributed by atoms with E-state index < -0.39 is 0 Å². The number of hydrogen-bond acceptors (Lipinski definition) is 3. The highest BCUT2D eigenvalue weighted by molar-refractivity contribution is 6.31. The van der Waals surface area contributed by atoms with Gasteiger partial charge in [-0.25, -0.2) is 0 Å². The van der Waals surface area contributed by atoms with Gasteiger partial charge in [-0.2, -0.15) is 0 Å². The number of anilines is 2. The van der Waals surface area contributed by atoms with Gasteiger partial charge in [0.25, 0.3) is 0 Å². The largest absolute Gasteiger partial charge is 0.457 e. The van der Waals surface area contributed by atoms with Crippen molar-refractivity contribution in [1.29, 1.82) is 0 Å². The van der Waals surface area contributed by atoms with Crippen LogP contribution < -0.4 is 10.6 Å². The van der Waals surface area contributed by atoms with Gasteiger partial charge in [0.2, 0.25) is 11.8 Å². The first-order valence-corrected chi connectivity index (χ1v) is 10.6. The van der Waals surface area contributed by atoms with E-state index in [1.54, 1.807) is 36.4 Å². The van der Waals surface area contributed by atoms with Crippen molar-refractivity contribution in [2.45, 2.75) is 33.1 Å². The minimum absolute atomic E-state index is 0.0336. The Bertz CT molecular complexity index is 1100. The molecular weight excluding hydrogens is 412 g/mol. The maximum Gasteiger partial charge on any atom is 0.248 e. The summed E-state index contributed by atoms with van der Waals surface area (Å²) < 4.78 is 5.79. The number of amides is 2. The van der Waals surface area contributed by atoms with Crippen LogP contribution in [-0.2, 0) is 9.59 Å². The van der Waals surface area contributed by atoms with Gasteiger partial charge in [0.05, 0.1) is 0 Å². The molecule has 3 aromatic rings. The Morgan fingerprint density at radius 1 is 1.03 bits per heavy atom. The number of furan rings is 1. The number of halogens is 1. The van der Waals surface area contributed by atoms with E-state index in [-0.39, 0.29) is 11.8 Å². The van der Waals surface area contributed by atoms with Crippen molar-refractivity contribution in [3.8, 4) is 11.3 Å². The molecule has 0 atom stereocenters. The van der Waals surface area contributed by atoms with Gasteiger partial charge in [-0.05, 0) is 61.4 Å². The Hall–Kier alpha value is -3.31. The average Bonchev–Trinajstić information content (AvgIpc) is 3.22. The Balaban J connectivity index is 1.60. The minimum Gasteiger partial charge on any atom is -0.457 e. The summed E-state index contributed by atoms with van der Waals surface area (Å²) >= 11 is 6.18. The Morgan fingerprint density at radius 2 is 1.81 bits per heavy atom. The summed E-state index contributed by atoms with van der Waals surface area (Å²) in [4.78, 5) is 24.2. The van der Waals surface area contributed by atoms with Crippen LogP contribution in [0.15, 0.2) is 65.1 Å². The van der Waals surface area contributed by atoms with Gasteiger partial charge in [0.15, 0.2) is 0 Å². The molecular formula is C25H25ClN2O3. The lowest BCUT2D eigenvalue weighted by Gasteiger charge is -2.07. The summed E-state index contributed by atoms with van der Waals surface area (Å²) in [6.07, 6.45) is 5.29. The van der Waals surface area contributed by atoms with Crippen LogP contribution in [0.2, 0.25) is 5.02 Å². The SMILES string of the molecule is CCCCC(=O)Nc1cccc(NC(=O)/C=C/c2ccc(-c3ccc(C)c(Cl)c3)o2)c1. The molecule has 0 fully saturated rings. The molecule has 2 aromatic carbocycles. The molecule has 160 valence electrons. The number of carbonyl (C=O) groups excluding carboxylic acids is 2. The molecule has 31 heavy (non-hydrogen) atoms.